The molecule has 18 heavy (non-hydrogen) atoms. The van der Waals surface area contributed by atoms with Crippen LogP contribution >= 0.6 is 11.3 Å². The van der Waals surface area contributed by atoms with Crippen LogP contribution in [-0.4, -0.2) is 27.4 Å². The maximum atomic E-state index is 12.3. The average Bonchev–Trinajstić information content (AvgIpc) is 2.60. The van der Waals surface area contributed by atoms with Crippen molar-refractivity contribution in [3.05, 3.63) is 5.01 Å². The van der Waals surface area contributed by atoms with Gasteiger partial charge in [0.1, 0.15) is 0 Å². The van der Waals surface area contributed by atoms with Crippen molar-refractivity contribution in [3.8, 4) is 0 Å². The van der Waals surface area contributed by atoms with E-state index in [2.05, 4.69) is 15.5 Å². The summed E-state index contributed by atoms with van der Waals surface area (Å²) in [4.78, 5) is 0. The Labute approximate surface area is 107 Å². The van der Waals surface area contributed by atoms with Crippen LogP contribution in [-0.2, 0) is 6.18 Å². The van der Waals surface area contributed by atoms with Gasteiger partial charge in [0.2, 0.25) is 10.1 Å². The first kappa shape index (κ1) is 15.2. The van der Waals surface area contributed by atoms with Crippen LogP contribution in [0.15, 0.2) is 0 Å². The third-order valence-electron chi connectivity index (χ3n) is 2.14. The van der Waals surface area contributed by atoms with Crippen LogP contribution < -0.4 is 5.32 Å². The molecule has 1 aromatic heterocycles. The van der Waals surface area contributed by atoms with Crippen LogP contribution in [0.4, 0.5) is 18.3 Å². The van der Waals surface area contributed by atoms with Crippen LogP contribution in [0, 0.1) is 5.92 Å². The van der Waals surface area contributed by atoms with Crippen molar-refractivity contribution in [1.82, 2.24) is 10.2 Å². The number of nitrogens with one attached hydrogen (secondary N) is 1. The van der Waals surface area contributed by atoms with E-state index in [1.165, 1.54) is 0 Å². The molecular weight excluding hydrogens is 267 g/mol. The molecule has 0 fully saturated rings. The molecule has 1 rings (SSSR count). The summed E-state index contributed by atoms with van der Waals surface area (Å²) in [5.41, 5.74) is -0.988. The lowest BCUT2D eigenvalue weighted by atomic mass is 9.94. The van der Waals surface area contributed by atoms with Gasteiger partial charge in [0, 0.05) is 6.54 Å². The molecule has 1 aromatic rings. The fourth-order valence-electron chi connectivity index (χ4n) is 1.63. The molecule has 0 aliphatic rings. The van der Waals surface area contributed by atoms with Crippen molar-refractivity contribution in [2.45, 2.75) is 39.0 Å². The van der Waals surface area contributed by atoms with Crippen LogP contribution in [0.3, 0.4) is 0 Å². The summed E-state index contributed by atoms with van der Waals surface area (Å²) in [7, 11) is 0. The van der Waals surface area contributed by atoms with E-state index >= 15 is 0 Å². The van der Waals surface area contributed by atoms with Crippen molar-refractivity contribution in [2.24, 2.45) is 5.92 Å². The molecule has 0 amide bonds. The van der Waals surface area contributed by atoms with Crippen molar-refractivity contribution >= 4 is 16.5 Å². The molecule has 4 nitrogen and oxygen atoms in total. The first-order chi connectivity index (χ1) is 8.10. The van der Waals surface area contributed by atoms with Gasteiger partial charge in [-0.1, -0.05) is 25.2 Å². The number of aromatic nitrogens is 2. The number of halogens is 3. The number of rotatable bonds is 5. The summed E-state index contributed by atoms with van der Waals surface area (Å²) >= 11 is 0.430. The Morgan fingerprint density at radius 2 is 1.94 bits per heavy atom. The van der Waals surface area contributed by atoms with Gasteiger partial charge in [-0.25, -0.2) is 0 Å². The predicted molar refractivity (Wildman–Crippen MR) is 63.5 cm³/mol. The summed E-state index contributed by atoms with van der Waals surface area (Å²) < 4.78 is 36.8. The van der Waals surface area contributed by atoms with E-state index in [0.717, 1.165) is 0 Å². The molecular formula is C10H16F3N3OS. The van der Waals surface area contributed by atoms with E-state index in [1.54, 1.807) is 6.92 Å². The Bertz CT molecular complexity index is 390. The van der Waals surface area contributed by atoms with Crippen LogP contribution in [0.1, 0.15) is 32.2 Å². The minimum Gasteiger partial charge on any atom is -0.388 e. The van der Waals surface area contributed by atoms with E-state index in [1.807, 2.05) is 13.8 Å². The van der Waals surface area contributed by atoms with Crippen LogP contribution in [0.5, 0.6) is 0 Å². The summed E-state index contributed by atoms with van der Waals surface area (Å²) in [5.74, 6) is 0.293. The van der Waals surface area contributed by atoms with Gasteiger partial charge in [-0.05, 0) is 19.3 Å². The third-order valence-corrected chi connectivity index (χ3v) is 3.06. The highest BCUT2D eigenvalue weighted by molar-refractivity contribution is 7.15. The summed E-state index contributed by atoms with van der Waals surface area (Å²) in [6.07, 6.45) is -3.93. The normalized spacial score (nSPS) is 15.8. The molecule has 0 aliphatic carbocycles. The molecule has 0 saturated carbocycles. The minimum atomic E-state index is -4.47. The highest BCUT2D eigenvalue weighted by atomic mass is 32.1. The quantitative estimate of drug-likeness (QED) is 0.872. The topological polar surface area (TPSA) is 58.0 Å². The molecule has 0 bridgehead atoms. The van der Waals surface area contributed by atoms with Gasteiger partial charge in [-0.15, -0.1) is 10.2 Å². The van der Waals surface area contributed by atoms with Crippen molar-refractivity contribution in [1.29, 1.82) is 0 Å². The average molecular weight is 283 g/mol. The highest BCUT2D eigenvalue weighted by Crippen LogP contribution is 2.33. The monoisotopic (exact) mass is 283 g/mol. The number of hydrogen-bond acceptors (Lipinski definition) is 5. The molecule has 0 radical (unpaired) electrons. The zero-order valence-electron chi connectivity index (χ0n) is 10.4. The third kappa shape index (κ3) is 4.77. The van der Waals surface area contributed by atoms with Gasteiger partial charge < -0.3 is 10.4 Å². The second-order valence-electron chi connectivity index (χ2n) is 4.86. The Morgan fingerprint density at radius 1 is 1.33 bits per heavy atom. The summed E-state index contributed by atoms with van der Waals surface area (Å²) in [5, 5.41) is 18.2. The van der Waals surface area contributed by atoms with E-state index in [-0.39, 0.29) is 11.7 Å². The van der Waals surface area contributed by atoms with E-state index < -0.39 is 16.8 Å². The van der Waals surface area contributed by atoms with Crippen LogP contribution in [0.25, 0.3) is 0 Å². The Kier molecular flexibility index (Phi) is 4.55. The number of anilines is 1. The predicted octanol–water partition coefficient (Wildman–Crippen LogP) is 2.77. The SMILES string of the molecule is CC(C)CC(C)(O)CNc1nnc(C(F)(F)F)s1. The van der Waals surface area contributed by atoms with Crippen molar-refractivity contribution < 1.29 is 18.3 Å². The zero-order valence-corrected chi connectivity index (χ0v) is 11.2. The van der Waals surface area contributed by atoms with Gasteiger partial charge in [-0.2, -0.15) is 13.2 Å². The molecule has 0 aliphatic heterocycles. The fraction of sp³-hybridized carbons (Fsp3) is 0.800. The van der Waals surface area contributed by atoms with Crippen molar-refractivity contribution in [2.75, 3.05) is 11.9 Å². The van der Waals surface area contributed by atoms with Gasteiger partial charge >= 0.3 is 6.18 Å². The minimum absolute atomic E-state index is 0.0614. The number of alkyl halides is 3. The van der Waals surface area contributed by atoms with E-state index in [0.29, 0.717) is 23.7 Å². The molecule has 1 atom stereocenters. The van der Waals surface area contributed by atoms with Crippen LogP contribution in [0.2, 0.25) is 0 Å². The van der Waals surface area contributed by atoms with E-state index in [4.69, 9.17) is 0 Å². The highest BCUT2D eigenvalue weighted by Gasteiger charge is 2.35. The molecule has 0 spiro atoms. The van der Waals surface area contributed by atoms with Gasteiger partial charge in [0.15, 0.2) is 0 Å². The maximum Gasteiger partial charge on any atom is 0.445 e. The maximum absolute atomic E-state index is 12.3. The van der Waals surface area contributed by atoms with Gasteiger partial charge in [-0.3, -0.25) is 0 Å². The summed E-state index contributed by atoms with van der Waals surface area (Å²) in [6, 6.07) is 0. The Balaban J connectivity index is 2.56. The second-order valence-corrected chi connectivity index (χ2v) is 5.84. The molecule has 0 aromatic carbocycles. The molecule has 1 unspecified atom stereocenters. The standard InChI is InChI=1S/C10H16F3N3OS/c1-6(2)4-9(3,17)5-14-8-16-15-7(18-8)10(11,12)13/h6,17H,4-5H2,1-3H3,(H,14,16). The van der Waals surface area contributed by atoms with Crippen molar-refractivity contribution in [3.63, 3.8) is 0 Å². The molecule has 1 heterocycles. The summed E-state index contributed by atoms with van der Waals surface area (Å²) in [6.45, 7) is 5.69. The van der Waals surface area contributed by atoms with E-state index in [9.17, 15) is 18.3 Å². The zero-order chi connectivity index (χ0) is 14.0. The number of aliphatic hydroxyl groups is 1. The lowest BCUT2D eigenvalue weighted by molar-refractivity contribution is -0.138. The largest absolute Gasteiger partial charge is 0.445 e. The molecule has 2 N–H and O–H groups in total. The number of nitrogens with zero attached hydrogens (tertiary/aromatic N) is 2. The first-order valence-corrected chi connectivity index (χ1v) is 6.29. The Morgan fingerprint density at radius 3 is 2.39 bits per heavy atom. The first-order valence-electron chi connectivity index (χ1n) is 5.47. The lowest BCUT2D eigenvalue weighted by Crippen LogP contribution is -2.34. The Hall–Kier alpha value is -0.890. The fourth-order valence-corrected chi connectivity index (χ4v) is 2.23. The smallest absolute Gasteiger partial charge is 0.388 e. The molecule has 0 saturated heterocycles. The lowest BCUT2D eigenvalue weighted by Gasteiger charge is -2.25. The second kappa shape index (κ2) is 5.40. The molecule has 104 valence electrons. The van der Waals surface area contributed by atoms with Gasteiger partial charge in [0.05, 0.1) is 5.60 Å². The van der Waals surface area contributed by atoms with Gasteiger partial charge in [0.25, 0.3) is 0 Å². The number of hydrogen-bond donors (Lipinski definition) is 2. The molecule has 8 heteroatoms.